The molecule has 1 aromatic carbocycles. The number of rotatable bonds is 4. The van der Waals surface area contributed by atoms with Crippen molar-refractivity contribution in [2.75, 3.05) is 31.1 Å². The third kappa shape index (κ3) is 4.05. The zero-order chi connectivity index (χ0) is 20.4. The van der Waals surface area contributed by atoms with Gasteiger partial charge in [0.1, 0.15) is 24.6 Å². The van der Waals surface area contributed by atoms with E-state index in [4.69, 9.17) is 4.74 Å². The summed E-state index contributed by atoms with van der Waals surface area (Å²) in [5.74, 6) is 1.21. The number of morpholine rings is 1. The Hall–Kier alpha value is -2.67. The molecule has 7 nitrogen and oxygen atoms in total. The van der Waals surface area contributed by atoms with E-state index in [1.165, 1.54) is 0 Å². The molecule has 1 spiro atoms. The van der Waals surface area contributed by atoms with Crippen LogP contribution in [0.5, 0.6) is 0 Å². The monoisotopic (exact) mass is 396 g/mol. The van der Waals surface area contributed by atoms with Crippen molar-refractivity contribution in [1.82, 2.24) is 14.5 Å². The van der Waals surface area contributed by atoms with Crippen LogP contribution in [-0.2, 0) is 20.9 Å². The number of ether oxygens (including phenoxy) is 1. The standard InChI is InChI=1S/C22H28N4O3/c1-17(2)21-23-10-12-24(21)13-19(27)25-11-6-9-22(15-25)16-26(20(28)14-29-22)18-7-4-3-5-8-18/h3-5,7-8,10,12,17H,6,9,11,13-16H2,1-2H3. The Morgan fingerprint density at radius 3 is 2.79 bits per heavy atom. The van der Waals surface area contributed by atoms with Crippen LogP contribution in [0.1, 0.15) is 38.4 Å². The molecular weight excluding hydrogens is 368 g/mol. The Morgan fingerprint density at radius 1 is 1.24 bits per heavy atom. The van der Waals surface area contributed by atoms with E-state index in [2.05, 4.69) is 18.8 Å². The molecule has 1 atom stereocenters. The molecule has 1 aromatic heterocycles. The zero-order valence-electron chi connectivity index (χ0n) is 17.1. The molecule has 29 heavy (non-hydrogen) atoms. The SMILES string of the molecule is CC(C)c1nccn1CC(=O)N1CCCC2(C1)CN(c1ccccc1)C(=O)CO2. The lowest BCUT2D eigenvalue weighted by molar-refractivity contribution is -0.153. The second-order valence-corrected chi connectivity index (χ2v) is 8.27. The quantitative estimate of drug-likeness (QED) is 0.796. The summed E-state index contributed by atoms with van der Waals surface area (Å²) in [6.45, 7) is 6.18. The molecule has 0 bridgehead atoms. The summed E-state index contributed by atoms with van der Waals surface area (Å²) in [7, 11) is 0. The van der Waals surface area contributed by atoms with Gasteiger partial charge in [0.2, 0.25) is 5.91 Å². The van der Waals surface area contributed by atoms with Gasteiger partial charge in [0.15, 0.2) is 0 Å². The molecule has 2 amide bonds. The summed E-state index contributed by atoms with van der Waals surface area (Å²) in [6.07, 6.45) is 5.31. The van der Waals surface area contributed by atoms with Crippen LogP contribution in [0.25, 0.3) is 0 Å². The third-order valence-corrected chi connectivity index (χ3v) is 5.78. The predicted molar refractivity (Wildman–Crippen MR) is 110 cm³/mol. The highest BCUT2D eigenvalue weighted by Crippen LogP contribution is 2.32. The average molecular weight is 396 g/mol. The first-order valence-electron chi connectivity index (χ1n) is 10.3. The van der Waals surface area contributed by atoms with Crippen LogP contribution < -0.4 is 4.90 Å². The number of imidazole rings is 1. The van der Waals surface area contributed by atoms with Gasteiger partial charge in [-0.1, -0.05) is 32.0 Å². The normalized spacial score (nSPS) is 22.5. The zero-order valence-corrected chi connectivity index (χ0v) is 17.1. The topological polar surface area (TPSA) is 67.7 Å². The number of amides is 2. The Morgan fingerprint density at radius 2 is 2.03 bits per heavy atom. The molecule has 1 unspecified atom stereocenters. The predicted octanol–water partition coefficient (Wildman–Crippen LogP) is 2.43. The van der Waals surface area contributed by atoms with Crippen LogP contribution in [0, 0.1) is 0 Å². The maximum absolute atomic E-state index is 13.0. The van der Waals surface area contributed by atoms with E-state index in [9.17, 15) is 9.59 Å². The molecule has 0 N–H and O–H groups in total. The second-order valence-electron chi connectivity index (χ2n) is 8.27. The third-order valence-electron chi connectivity index (χ3n) is 5.78. The Bertz CT molecular complexity index is 879. The van der Waals surface area contributed by atoms with Crippen LogP contribution in [0.15, 0.2) is 42.7 Å². The van der Waals surface area contributed by atoms with Crippen LogP contribution in [0.4, 0.5) is 5.69 Å². The number of para-hydroxylation sites is 1. The number of aromatic nitrogens is 2. The second kappa shape index (κ2) is 7.99. The Kier molecular flexibility index (Phi) is 5.41. The number of likely N-dealkylation sites (tertiary alicyclic amines) is 1. The first kappa shape index (κ1) is 19.6. The summed E-state index contributed by atoms with van der Waals surface area (Å²) in [6, 6.07) is 9.68. The van der Waals surface area contributed by atoms with Crippen molar-refractivity contribution >= 4 is 17.5 Å². The molecule has 2 aliphatic rings. The van der Waals surface area contributed by atoms with Crippen LogP contribution in [0.2, 0.25) is 0 Å². The molecule has 0 saturated carbocycles. The number of carbonyl (C=O) groups excluding carboxylic acids is 2. The van der Waals surface area contributed by atoms with Crippen molar-refractivity contribution in [2.24, 2.45) is 0 Å². The fourth-order valence-corrected chi connectivity index (χ4v) is 4.32. The van der Waals surface area contributed by atoms with Gasteiger partial charge in [-0.2, -0.15) is 0 Å². The summed E-state index contributed by atoms with van der Waals surface area (Å²) < 4.78 is 7.97. The van der Waals surface area contributed by atoms with E-state index < -0.39 is 5.60 Å². The smallest absolute Gasteiger partial charge is 0.253 e. The van der Waals surface area contributed by atoms with Gasteiger partial charge >= 0.3 is 0 Å². The summed E-state index contributed by atoms with van der Waals surface area (Å²) in [5, 5.41) is 0. The number of hydrogen-bond acceptors (Lipinski definition) is 4. The summed E-state index contributed by atoms with van der Waals surface area (Å²) >= 11 is 0. The van der Waals surface area contributed by atoms with Gasteiger partial charge in [0.25, 0.3) is 5.91 Å². The number of piperidine rings is 1. The van der Waals surface area contributed by atoms with Gasteiger partial charge in [-0.3, -0.25) is 9.59 Å². The number of nitrogens with zero attached hydrogens (tertiary/aromatic N) is 4. The van der Waals surface area contributed by atoms with E-state index in [-0.39, 0.29) is 30.9 Å². The fraction of sp³-hybridized carbons (Fsp3) is 0.500. The first-order valence-corrected chi connectivity index (χ1v) is 10.3. The lowest BCUT2D eigenvalue weighted by atomic mass is 9.90. The van der Waals surface area contributed by atoms with Crippen molar-refractivity contribution < 1.29 is 14.3 Å². The molecule has 2 saturated heterocycles. The maximum Gasteiger partial charge on any atom is 0.253 e. The Labute approximate surface area is 171 Å². The molecule has 0 aliphatic carbocycles. The highest BCUT2D eigenvalue weighted by Gasteiger charge is 2.44. The molecule has 3 heterocycles. The molecule has 2 aromatic rings. The number of benzene rings is 1. The van der Waals surface area contributed by atoms with E-state index in [0.29, 0.717) is 13.1 Å². The molecular formula is C22H28N4O3. The van der Waals surface area contributed by atoms with Crippen LogP contribution in [0.3, 0.4) is 0 Å². The first-order chi connectivity index (χ1) is 14.0. The molecule has 154 valence electrons. The van der Waals surface area contributed by atoms with Crippen LogP contribution >= 0.6 is 0 Å². The minimum atomic E-state index is -0.506. The van der Waals surface area contributed by atoms with E-state index >= 15 is 0 Å². The maximum atomic E-state index is 13.0. The molecule has 2 fully saturated rings. The van der Waals surface area contributed by atoms with Crippen molar-refractivity contribution in [2.45, 2.75) is 44.8 Å². The van der Waals surface area contributed by atoms with Crippen molar-refractivity contribution in [3.63, 3.8) is 0 Å². The lowest BCUT2D eigenvalue weighted by Crippen LogP contribution is -2.62. The van der Waals surface area contributed by atoms with Gasteiger partial charge in [-0.05, 0) is 25.0 Å². The number of hydrogen-bond donors (Lipinski definition) is 0. The minimum absolute atomic E-state index is 0.0368. The molecule has 4 rings (SSSR count). The summed E-state index contributed by atoms with van der Waals surface area (Å²) in [4.78, 5) is 33.5. The average Bonchev–Trinajstić information content (AvgIpc) is 3.19. The van der Waals surface area contributed by atoms with E-state index in [1.807, 2.05) is 46.0 Å². The fourth-order valence-electron chi connectivity index (χ4n) is 4.32. The van der Waals surface area contributed by atoms with E-state index in [0.717, 1.165) is 30.9 Å². The summed E-state index contributed by atoms with van der Waals surface area (Å²) in [5.41, 5.74) is 0.372. The molecule has 2 aliphatic heterocycles. The highest BCUT2D eigenvalue weighted by molar-refractivity contribution is 5.95. The van der Waals surface area contributed by atoms with Crippen molar-refractivity contribution in [3.8, 4) is 0 Å². The van der Waals surface area contributed by atoms with Gasteiger partial charge in [0.05, 0.1) is 13.1 Å². The largest absolute Gasteiger partial charge is 0.361 e. The molecule has 0 radical (unpaired) electrons. The molecule has 7 heteroatoms. The van der Waals surface area contributed by atoms with Gasteiger partial charge in [-0.15, -0.1) is 0 Å². The van der Waals surface area contributed by atoms with Crippen molar-refractivity contribution in [1.29, 1.82) is 0 Å². The number of carbonyl (C=O) groups is 2. The van der Waals surface area contributed by atoms with Crippen LogP contribution in [-0.4, -0.2) is 58.1 Å². The van der Waals surface area contributed by atoms with E-state index in [1.54, 1.807) is 11.1 Å². The van der Waals surface area contributed by atoms with Gasteiger partial charge in [0, 0.05) is 30.5 Å². The minimum Gasteiger partial charge on any atom is -0.361 e. The number of anilines is 1. The Balaban J connectivity index is 1.48. The van der Waals surface area contributed by atoms with Gasteiger partial charge in [-0.25, -0.2) is 4.98 Å². The van der Waals surface area contributed by atoms with Crippen molar-refractivity contribution in [3.05, 3.63) is 48.5 Å². The highest BCUT2D eigenvalue weighted by atomic mass is 16.5. The lowest BCUT2D eigenvalue weighted by Gasteiger charge is -2.47. The van der Waals surface area contributed by atoms with Gasteiger partial charge < -0.3 is 19.1 Å².